The summed E-state index contributed by atoms with van der Waals surface area (Å²) < 4.78 is 16.2. The van der Waals surface area contributed by atoms with Crippen LogP contribution >= 0.6 is 18.4 Å². The molecule has 0 N–H and O–H groups in total. The lowest BCUT2D eigenvalue weighted by Crippen LogP contribution is -1.87. The first-order valence-corrected chi connectivity index (χ1v) is 5.87. The van der Waals surface area contributed by atoms with E-state index in [1.807, 2.05) is 24.3 Å². The molecule has 62 valence electrons. The molecule has 1 aromatic heterocycles. The first-order chi connectivity index (χ1) is 5.79. The Hall–Kier alpha value is -0.720. The summed E-state index contributed by atoms with van der Waals surface area (Å²) in [5.41, 5.74) is 0.728. The smallest absolute Gasteiger partial charge is 0.189 e. The molecule has 0 aliphatic rings. The third-order valence-corrected chi connectivity index (χ3v) is 3.11. The van der Waals surface area contributed by atoms with Gasteiger partial charge in [-0.1, -0.05) is 29.4 Å². The highest BCUT2D eigenvalue weighted by Crippen LogP contribution is 2.30. The second-order valence-corrected chi connectivity index (χ2v) is 4.54. The van der Waals surface area contributed by atoms with Crippen molar-refractivity contribution >= 4 is 34.7 Å². The Morgan fingerprint density at radius 1 is 1.33 bits per heavy atom. The Kier molecular flexibility index (Phi) is 1.95. The summed E-state index contributed by atoms with van der Waals surface area (Å²) in [4.78, 5) is 0. The topological polar surface area (TPSA) is 30.2 Å². The molecule has 1 heterocycles. The normalized spacial score (nSPS) is 13.4. The van der Waals surface area contributed by atoms with E-state index < -0.39 is 7.15 Å². The lowest BCUT2D eigenvalue weighted by molar-refractivity contribution is 0.598. The van der Waals surface area contributed by atoms with Crippen LogP contribution in [-0.4, -0.2) is 0 Å². The van der Waals surface area contributed by atoms with E-state index in [1.165, 1.54) is 6.26 Å². The highest BCUT2D eigenvalue weighted by molar-refractivity contribution is 7.80. The van der Waals surface area contributed by atoms with Crippen molar-refractivity contribution in [2.24, 2.45) is 0 Å². The summed E-state index contributed by atoms with van der Waals surface area (Å²) in [6.45, 7) is 0. The van der Waals surface area contributed by atoms with E-state index in [4.69, 9.17) is 15.7 Å². The van der Waals surface area contributed by atoms with Crippen LogP contribution in [0.1, 0.15) is 0 Å². The van der Waals surface area contributed by atoms with Crippen LogP contribution in [0.25, 0.3) is 11.0 Å². The third kappa shape index (κ3) is 1.17. The molecule has 1 atom stereocenters. The predicted molar refractivity (Wildman–Crippen MR) is 50.7 cm³/mol. The van der Waals surface area contributed by atoms with E-state index in [1.54, 1.807) is 0 Å². The molecule has 2 rings (SSSR count). The van der Waals surface area contributed by atoms with Gasteiger partial charge in [0.05, 0.1) is 5.30 Å². The van der Waals surface area contributed by atoms with Gasteiger partial charge >= 0.3 is 0 Å². The molecule has 0 aliphatic carbocycles. The van der Waals surface area contributed by atoms with Gasteiger partial charge in [-0.2, -0.15) is 0 Å². The Morgan fingerprint density at radius 2 is 2.08 bits per heavy atom. The van der Waals surface area contributed by atoms with Gasteiger partial charge in [0.1, 0.15) is 11.8 Å². The van der Waals surface area contributed by atoms with E-state index in [9.17, 15) is 4.57 Å². The molecule has 0 spiro atoms. The number of fused-ring (bicyclic) bond motifs is 1. The van der Waals surface area contributed by atoms with Crippen LogP contribution < -0.4 is 5.30 Å². The SMILES string of the molecule is O=[PH](Cl)c1coc2ccccc12. The number of furan rings is 1. The lowest BCUT2D eigenvalue weighted by Gasteiger charge is -1.88. The van der Waals surface area contributed by atoms with Gasteiger partial charge < -0.3 is 8.98 Å². The first-order valence-electron chi connectivity index (χ1n) is 3.45. The summed E-state index contributed by atoms with van der Waals surface area (Å²) >= 11 is 5.51. The van der Waals surface area contributed by atoms with Crippen molar-refractivity contribution in [2.45, 2.75) is 0 Å². The number of benzene rings is 1. The van der Waals surface area contributed by atoms with E-state index in [2.05, 4.69) is 0 Å². The first kappa shape index (κ1) is 7.90. The Bertz CT molecular complexity index is 435. The molecular formula is C8H6ClO2P. The average molecular weight is 201 g/mol. The minimum atomic E-state index is -2.17. The molecule has 0 radical (unpaired) electrons. The largest absolute Gasteiger partial charge is 0.464 e. The monoisotopic (exact) mass is 200 g/mol. The number of hydrogen-bond acceptors (Lipinski definition) is 2. The molecule has 1 unspecified atom stereocenters. The summed E-state index contributed by atoms with van der Waals surface area (Å²) in [7, 11) is -2.17. The van der Waals surface area contributed by atoms with Crippen molar-refractivity contribution in [3.63, 3.8) is 0 Å². The number of halogens is 1. The van der Waals surface area contributed by atoms with Crippen LogP contribution in [0.2, 0.25) is 0 Å². The van der Waals surface area contributed by atoms with E-state index in [-0.39, 0.29) is 0 Å². The molecule has 0 saturated carbocycles. The second-order valence-electron chi connectivity index (χ2n) is 2.42. The molecule has 2 aromatic rings. The zero-order valence-corrected chi connectivity index (χ0v) is 7.84. The molecule has 12 heavy (non-hydrogen) atoms. The molecule has 0 bridgehead atoms. The highest BCUT2D eigenvalue weighted by atomic mass is 35.7. The minimum Gasteiger partial charge on any atom is -0.464 e. The van der Waals surface area contributed by atoms with Gasteiger partial charge in [0.25, 0.3) is 0 Å². The Morgan fingerprint density at radius 3 is 2.83 bits per heavy atom. The van der Waals surface area contributed by atoms with Crippen LogP contribution in [0, 0.1) is 0 Å². The van der Waals surface area contributed by atoms with Gasteiger partial charge in [-0.05, 0) is 6.07 Å². The van der Waals surface area contributed by atoms with Gasteiger partial charge in [-0.25, -0.2) is 0 Å². The minimum absolute atomic E-state index is 0.609. The molecule has 0 amide bonds. The Balaban J connectivity index is 2.79. The fraction of sp³-hybridized carbons (Fsp3) is 0. The van der Waals surface area contributed by atoms with E-state index >= 15 is 0 Å². The van der Waals surface area contributed by atoms with Crippen LogP contribution in [0.15, 0.2) is 34.9 Å². The quantitative estimate of drug-likeness (QED) is 0.663. The van der Waals surface area contributed by atoms with Gasteiger partial charge in [-0.3, -0.25) is 0 Å². The lowest BCUT2D eigenvalue weighted by atomic mass is 10.3. The van der Waals surface area contributed by atoms with Crippen molar-refractivity contribution < 1.29 is 8.98 Å². The van der Waals surface area contributed by atoms with Crippen molar-refractivity contribution in [3.8, 4) is 0 Å². The van der Waals surface area contributed by atoms with Crippen LogP contribution in [0.4, 0.5) is 0 Å². The molecular weight excluding hydrogens is 195 g/mol. The zero-order valence-electron chi connectivity index (χ0n) is 6.08. The maximum absolute atomic E-state index is 11.0. The average Bonchev–Trinajstić information content (AvgIpc) is 2.47. The highest BCUT2D eigenvalue weighted by Gasteiger charge is 2.07. The molecule has 1 aromatic carbocycles. The van der Waals surface area contributed by atoms with Gasteiger partial charge in [-0.15, -0.1) is 0 Å². The van der Waals surface area contributed by atoms with Crippen LogP contribution in [-0.2, 0) is 4.57 Å². The Labute approximate surface area is 74.7 Å². The van der Waals surface area contributed by atoms with Gasteiger partial charge in [0.2, 0.25) is 0 Å². The summed E-state index contributed by atoms with van der Waals surface area (Å²) in [6, 6.07) is 7.39. The standard InChI is InChI=1S/C8H6ClO2P/c9-12(10)8-5-11-7-4-2-1-3-6(7)8/h1-5,12H. The third-order valence-electron chi connectivity index (χ3n) is 1.69. The fourth-order valence-electron chi connectivity index (χ4n) is 1.13. The predicted octanol–water partition coefficient (Wildman–Crippen LogP) is 2.77. The summed E-state index contributed by atoms with van der Waals surface area (Å²) in [5.74, 6) is 0. The molecule has 0 saturated heterocycles. The summed E-state index contributed by atoms with van der Waals surface area (Å²) in [5, 5.41) is 1.45. The molecule has 4 heteroatoms. The molecule has 2 nitrogen and oxygen atoms in total. The van der Waals surface area contributed by atoms with Crippen molar-refractivity contribution in [2.75, 3.05) is 0 Å². The number of para-hydroxylation sites is 1. The maximum Gasteiger partial charge on any atom is 0.189 e. The van der Waals surface area contributed by atoms with Crippen molar-refractivity contribution in [3.05, 3.63) is 30.5 Å². The van der Waals surface area contributed by atoms with E-state index in [0.29, 0.717) is 5.30 Å². The summed E-state index contributed by atoms with van der Waals surface area (Å²) in [6.07, 6.45) is 1.46. The van der Waals surface area contributed by atoms with Crippen molar-refractivity contribution in [1.82, 2.24) is 0 Å². The number of hydrogen-bond donors (Lipinski definition) is 0. The van der Waals surface area contributed by atoms with Crippen molar-refractivity contribution in [1.29, 1.82) is 0 Å². The second kappa shape index (κ2) is 2.96. The number of rotatable bonds is 1. The van der Waals surface area contributed by atoms with Crippen LogP contribution in [0.3, 0.4) is 0 Å². The van der Waals surface area contributed by atoms with Gasteiger partial charge in [0.15, 0.2) is 7.15 Å². The molecule has 0 aliphatic heterocycles. The van der Waals surface area contributed by atoms with E-state index in [0.717, 1.165) is 11.0 Å². The fourth-order valence-corrected chi connectivity index (χ4v) is 2.14. The maximum atomic E-state index is 11.0. The van der Waals surface area contributed by atoms with Gasteiger partial charge in [0, 0.05) is 5.39 Å². The van der Waals surface area contributed by atoms with Crippen LogP contribution in [0.5, 0.6) is 0 Å². The molecule has 0 fully saturated rings. The zero-order chi connectivity index (χ0) is 8.55.